The highest BCUT2D eigenvalue weighted by atomic mass is 16.5. The summed E-state index contributed by atoms with van der Waals surface area (Å²) in [5.74, 6) is 0.759. The molecule has 3 heterocycles. The van der Waals surface area contributed by atoms with Crippen LogP contribution in [0.4, 0.5) is 0 Å². The average molecular weight is 442 g/mol. The highest BCUT2D eigenvalue weighted by Gasteiger charge is 2.20. The number of hydrogen-bond donors (Lipinski definition) is 0. The van der Waals surface area contributed by atoms with Gasteiger partial charge in [-0.2, -0.15) is 0 Å². The van der Waals surface area contributed by atoms with Gasteiger partial charge < -0.3 is 4.74 Å². The maximum absolute atomic E-state index is 13.6. The van der Waals surface area contributed by atoms with Gasteiger partial charge in [-0.3, -0.25) is 13.9 Å². The number of aryl methyl sites for hydroxylation is 1. The lowest BCUT2D eigenvalue weighted by Gasteiger charge is -2.08. The predicted molar refractivity (Wildman–Crippen MR) is 131 cm³/mol. The van der Waals surface area contributed by atoms with Crippen molar-refractivity contribution >= 4 is 33.2 Å². The Hall–Kier alpha value is -3.74. The Labute approximate surface area is 191 Å². The van der Waals surface area contributed by atoms with E-state index in [9.17, 15) is 4.79 Å². The molecular weight excluding hydrogens is 414 g/mol. The molecule has 0 saturated heterocycles. The first kappa shape index (κ1) is 21.1. The molecule has 0 unspecified atom stereocenters. The maximum atomic E-state index is 13.6. The third kappa shape index (κ3) is 3.84. The third-order valence-corrected chi connectivity index (χ3v) is 6.06. The van der Waals surface area contributed by atoms with Crippen LogP contribution in [0.3, 0.4) is 0 Å². The molecular formula is C26H27N5O2. The Morgan fingerprint density at radius 2 is 1.61 bits per heavy atom. The number of unbranched alkanes of at least 4 members (excludes halogenated alkanes) is 4. The van der Waals surface area contributed by atoms with Crippen molar-refractivity contribution in [2.45, 2.75) is 45.6 Å². The van der Waals surface area contributed by atoms with Crippen LogP contribution in [0.15, 0.2) is 59.7 Å². The molecule has 3 aromatic heterocycles. The quantitative estimate of drug-likeness (QED) is 0.307. The number of rotatable bonds is 8. The summed E-state index contributed by atoms with van der Waals surface area (Å²) >= 11 is 0. The monoisotopic (exact) mass is 441 g/mol. The Kier molecular flexibility index (Phi) is 5.77. The van der Waals surface area contributed by atoms with Crippen LogP contribution in [0.2, 0.25) is 0 Å². The summed E-state index contributed by atoms with van der Waals surface area (Å²) in [7, 11) is 1.64. The minimum atomic E-state index is -0.0719. The van der Waals surface area contributed by atoms with E-state index in [0.29, 0.717) is 28.7 Å². The van der Waals surface area contributed by atoms with E-state index in [1.165, 1.54) is 19.3 Å². The number of ether oxygens (including phenoxy) is 1. The van der Waals surface area contributed by atoms with E-state index in [-0.39, 0.29) is 5.56 Å². The molecule has 0 aliphatic heterocycles. The van der Waals surface area contributed by atoms with Crippen LogP contribution in [0, 0.1) is 0 Å². The smallest absolute Gasteiger partial charge is 0.265 e. The molecule has 0 aliphatic rings. The van der Waals surface area contributed by atoms with E-state index in [2.05, 4.69) is 6.92 Å². The molecule has 7 heteroatoms. The van der Waals surface area contributed by atoms with Crippen LogP contribution < -0.4 is 10.3 Å². The van der Waals surface area contributed by atoms with Crippen LogP contribution in [-0.2, 0) is 6.54 Å². The van der Waals surface area contributed by atoms with E-state index in [0.717, 1.165) is 35.3 Å². The number of para-hydroxylation sites is 2. The van der Waals surface area contributed by atoms with Crippen LogP contribution in [0.25, 0.3) is 38.9 Å². The normalized spacial score (nSPS) is 11.6. The van der Waals surface area contributed by atoms with Crippen LogP contribution in [0.5, 0.6) is 5.75 Å². The molecule has 0 fully saturated rings. The van der Waals surface area contributed by atoms with Crippen LogP contribution >= 0.6 is 0 Å². The Bertz CT molecular complexity index is 1480. The van der Waals surface area contributed by atoms with E-state index in [1.54, 1.807) is 18.0 Å². The second-order valence-electron chi connectivity index (χ2n) is 8.27. The van der Waals surface area contributed by atoms with Gasteiger partial charge in [-0.15, -0.1) is 0 Å². The Balaban J connectivity index is 1.71. The fraction of sp³-hybridized carbons (Fsp3) is 0.308. The van der Waals surface area contributed by atoms with Crippen molar-refractivity contribution in [3.8, 4) is 11.4 Å². The molecule has 5 rings (SSSR count). The number of nitrogens with zero attached hydrogens (tertiary/aromatic N) is 5. The largest absolute Gasteiger partial charge is 0.497 e. The van der Waals surface area contributed by atoms with E-state index >= 15 is 0 Å². The van der Waals surface area contributed by atoms with Gasteiger partial charge in [0, 0.05) is 12.2 Å². The molecule has 0 bridgehead atoms. The van der Waals surface area contributed by atoms with Crippen molar-refractivity contribution in [2.24, 2.45) is 0 Å². The molecule has 0 saturated carbocycles. The van der Waals surface area contributed by atoms with Crippen LogP contribution in [0.1, 0.15) is 39.0 Å². The number of hydrogen-bond acceptors (Lipinski definition) is 5. The SMILES string of the molecule is CCCCCCCn1cnc2c(c1=O)c1nc3ccccc3nc1n2-c1ccc(OC)cc1. The summed E-state index contributed by atoms with van der Waals surface area (Å²) < 4.78 is 8.93. The highest BCUT2D eigenvalue weighted by Crippen LogP contribution is 2.29. The van der Waals surface area contributed by atoms with Gasteiger partial charge >= 0.3 is 0 Å². The van der Waals surface area contributed by atoms with Gasteiger partial charge in [0.05, 0.1) is 24.5 Å². The fourth-order valence-corrected chi connectivity index (χ4v) is 4.29. The standard InChI is InChI=1S/C26H27N5O2/c1-3-4-5-6-9-16-30-17-27-24-22(26(30)32)23-25(29-21-11-8-7-10-20(21)28-23)31(24)18-12-14-19(33-2)15-13-18/h7-8,10-15,17H,3-6,9,16H2,1-2H3. The molecule has 5 aromatic rings. The first-order valence-corrected chi connectivity index (χ1v) is 11.5. The fourth-order valence-electron chi connectivity index (χ4n) is 4.29. The van der Waals surface area contributed by atoms with Gasteiger partial charge in [0.25, 0.3) is 5.56 Å². The van der Waals surface area contributed by atoms with Crippen molar-refractivity contribution in [3.63, 3.8) is 0 Å². The lowest BCUT2D eigenvalue weighted by molar-refractivity contribution is 0.415. The molecule has 0 spiro atoms. The Morgan fingerprint density at radius 1 is 0.879 bits per heavy atom. The predicted octanol–water partition coefficient (Wildman–Crippen LogP) is 5.26. The van der Waals surface area contributed by atoms with Gasteiger partial charge in [-0.1, -0.05) is 44.7 Å². The van der Waals surface area contributed by atoms with E-state index in [4.69, 9.17) is 19.7 Å². The molecule has 7 nitrogen and oxygen atoms in total. The van der Waals surface area contributed by atoms with Gasteiger partial charge in [0.1, 0.15) is 16.7 Å². The molecule has 168 valence electrons. The molecule has 0 radical (unpaired) electrons. The zero-order valence-electron chi connectivity index (χ0n) is 19.0. The second-order valence-corrected chi connectivity index (χ2v) is 8.27. The zero-order valence-corrected chi connectivity index (χ0v) is 19.0. The molecule has 2 aromatic carbocycles. The molecule has 0 atom stereocenters. The molecule has 0 amide bonds. The summed E-state index contributed by atoms with van der Waals surface area (Å²) in [6.45, 7) is 2.85. The first-order chi connectivity index (χ1) is 16.2. The lowest BCUT2D eigenvalue weighted by Crippen LogP contribution is -2.20. The van der Waals surface area contributed by atoms with Gasteiger partial charge in [0.15, 0.2) is 11.3 Å². The summed E-state index contributed by atoms with van der Waals surface area (Å²) in [5.41, 5.74) is 4.09. The molecule has 0 aliphatic carbocycles. The minimum Gasteiger partial charge on any atom is -0.497 e. The zero-order chi connectivity index (χ0) is 22.8. The summed E-state index contributed by atoms with van der Waals surface area (Å²) in [5, 5.41) is 0.509. The van der Waals surface area contributed by atoms with Crippen LogP contribution in [-0.4, -0.2) is 31.2 Å². The summed E-state index contributed by atoms with van der Waals surface area (Å²) in [6, 6.07) is 15.4. The summed E-state index contributed by atoms with van der Waals surface area (Å²) in [6.07, 6.45) is 7.34. The topological polar surface area (TPSA) is 74.8 Å². The van der Waals surface area contributed by atoms with Crippen molar-refractivity contribution in [1.29, 1.82) is 0 Å². The number of methoxy groups -OCH3 is 1. The van der Waals surface area contributed by atoms with Gasteiger partial charge in [-0.25, -0.2) is 15.0 Å². The van der Waals surface area contributed by atoms with Gasteiger partial charge in [-0.05, 0) is 42.8 Å². The highest BCUT2D eigenvalue weighted by molar-refractivity contribution is 6.05. The molecule has 0 N–H and O–H groups in total. The summed E-state index contributed by atoms with van der Waals surface area (Å²) in [4.78, 5) is 28.0. The number of fused-ring (bicyclic) bond motifs is 4. The average Bonchev–Trinajstić information content (AvgIpc) is 3.17. The minimum absolute atomic E-state index is 0.0719. The Morgan fingerprint density at radius 3 is 2.33 bits per heavy atom. The van der Waals surface area contributed by atoms with Crippen molar-refractivity contribution in [1.82, 2.24) is 24.1 Å². The number of benzene rings is 2. The van der Waals surface area contributed by atoms with Crippen molar-refractivity contribution in [3.05, 3.63) is 65.2 Å². The molecule has 33 heavy (non-hydrogen) atoms. The lowest BCUT2D eigenvalue weighted by atomic mass is 10.1. The maximum Gasteiger partial charge on any atom is 0.265 e. The second kappa shape index (κ2) is 9.02. The van der Waals surface area contributed by atoms with Crippen molar-refractivity contribution in [2.75, 3.05) is 7.11 Å². The van der Waals surface area contributed by atoms with E-state index < -0.39 is 0 Å². The van der Waals surface area contributed by atoms with Crippen molar-refractivity contribution < 1.29 is 4.74 Å². The first-order valence-electron chi connectivity index (χ1n) is 11.5. The third-order valence-electron chi connectivity index (χ3n) is 6.06. The number of aromatic nitrogens is 5. The van der Waals surface area contributed by atoms with Gasteiger partial charge in [0.2, 0.25) is 0 Å². The van der Waals surface area contributed by atoms with E-state index in [1.807, 2.05) is 53.1 Å².